The highest BCUT2D eigenvalue weighted by atomic mass is 32.2. The van der Waals surface area contributed by atoms with Crippen molar-refractivity contribution in [3.05, 3.63) is 29.3 Å². The average molecular weight is 311 g/mol. The van der Waals surface area contributed by atoms with Crippen LogP contribution >= 0.6 is 11.8 Å². The number of aryl methyl sites for hydroxylation is 2. The Morgan fingerprint density at radius 1 is 1.29 bits per heavy atom. The molecule has 0 fully saturated rings. The minimum Gasteiger partial charge on any atom is -0.490 e. The third-order valence-electron chi connectivity index (χ3n) is 3.43. The summed E-state index contributed by atoms with van der Waals surface area (Å²) in [7, 11) is 0. The third-order valence-corrected chi connectivity index (χ3v) is 4.36. The van der Waals surface area contributed by atoms with E-state index in [1.54, 1.807) is 0 Å². The molecule has 1 rings (SSSR count). The van der Waals surface area contributed by atoms with Gasteiger partial charge in [0.2, 0.25) is 0 Å². The summed E-state index contributed by atoms with van der Waals surface area (Å²) in [6, 6.07) is 6.51. The van der Waals surface area contributed by atoms with Crippen molar-refractivity contribution in [1.29, 1.82) is 0 Å². The number of para-hydroxylation sites is 1. The molecular weight excluding hydrogens is 282 g/mol. The van der Waals surface area contributed by atoms with Crippen molar-refractivity contribution < 1.29 is 9.84 Å². The lowest BCUT2D eigenvalue weighted by Crippen LogP contribution is -2.37. The van der Waals surface area contributed by atoms with E-state index in [-0.39, 0.29) is 0 Å². The van der Waals surface area contributed by atoms with Gasteiger partial charge in [-0.15, -0.1) is 0 Å². The smallest absolute Gasteiger partial charge is 0.125 e. The van der Waals surface area contributed by atoms with Gasteiger partial charge in [-0.3, -0.25) is 0 Å². The van der Waals surface area contributed by atoms with E-state index < -0.39 is 6.10 Å². The monoisotopic (exact) mass is 311 g/mol. The van der Waals surface area contributed by atoms with Crippen LogP contribution in [0.25, 0.3) is 0 Å². The molecule has 0 aromatic heterocycles. The van der Waals surface area contributed by atoms with E-state index in [0.717, 1.165) is 23.3 Å². The number of hydrogen-bond donors (Lipinski definition) is 2. The van der Waals surface area contributed by atoms with Gasteiger partial charge in [-0.1, -0.05) is 25.1 Å². The van der Waals surface area contributed by atoms with Crippen LogP contribution in [-0.4, -0.2) is 41.9 Å². The Hall–Kier alpha value is -0.710. The Morgan fingerprint density at radius 3 is 2.57 bits per heavy atom. The molecule has 2 unspecified atom stereocenters. The van der Waals surface area contributed by atoms with E-state index in [1.807, 2.05) is 43.8 Å². The Balaban J connectivity index is 2.26. The first-order chi connectivity index (χ1) is 10.0. The number of hydrogen-bond acceptors (Lipinski definition) is 4. The first-order valence-corrected chi connectivity index (χ1v) is 8.88. The maximum atomic E-state index is 10.0. The molecule has 3 nitrogen and oxygen atoms in total. The SMILES string of the molecule is CCSCCC(C)NCC(O)COc1c(C)cccc1C. The maximum Gasteiger partial charge on any atom is 0.125 e. The highest BCUT2D eigenvalue weighted by Crippen LogP contribution is 2.22. The molecule has 0 bridgehead atoms. The highest BCUT2D eigenvalue weighted by molar-refractivity contribution is 7.99. The summed E-state index contributed by atoms with van der Waals surface area (Å²) in [5, 5.41) is 13.4. The van der Waals surface area contributed by atoms with Gasteiger partial charge in [-0.2, -0.15) is 11.8 Å². The van der Waals surface area contributed by atoms with E-state index in [9.17, 15) is 5.11 Å². The lowest BCUT2D eigenvalue weighted by atomic mass is 10.1. The molecule has 120 valence electrons. The topological polar surface area (TPSA) is 41.5 Å². The molecule has 0 saturated carbocycles. The number of nitrogens with one attached hydrogen (secondary N) is 1. The van der Waals surface area contributed by atoms with Crippen molar-refractivity contribution in [2.45, 2.75) is 46.3 Å². The van der Waals surface area contributed by atoms with Gasteiger partial charge in [-0.25, -0.2) is 0 Å². The number of ether oxygens (including phenoxy) is 1. The van der Waals surface area contributed by atoms with Gasteiger partial charge < -0.3 is 15.2 Å². The lowest BCUT2D eigenvalue weighted by Gasteiger charge is -2.18. The van der Waals surface area contributed by atoms with Crippen molar-refractivity contribution in [3.8, 4) is 5.75 Å². The molecule has 1 aromatic rings. The molecule has 21 heavy (non-hydrogen) atoms. The second kappa shape index (κ2) is 10.1. The fourth-order valence-electron chi connectivity index (χ4n) is 2.11. The van der Waals surface area contributed by atoms with Gasteiger partial charge in [0.05, 0.1) is 0 Å². The van der Waals surface area contributed by atoms with Crippen molar-refractivity contribution >= 4 is 11.8 Å². The third kappa shape index (κ3) is 7.21. The molecule has 0 aliphatic rings. The minimum absolute atomic E-state index is 0.328. The number of benzene rings is 1. The molecule has 0 radical (unpaired) electrons. The summed E-state index contributed by atoms with van der Waals surface area (Å²) in [6.45, 7) is 9.30. The van der Waals surface area contributed by atoms with E-state index in [0.29, 0.717) is 19.2 Å². The molecule has 4 heteroatoms. The summed E-state index contributed by atoms with van der Waals surface area (Å²) in [6.07, 6.45) is 0.647. The number of thioether (sulfide) groups is 1. The van der Waals surface area contributed by atoms with Crippen molar-refractivity contribution in [1.82, 2.24) is 5.32 Å². The van der Waals surface area contributed by atoms with Gasteiger partial charge in [0.25, 0.3) is 0 Å². The number of aliphatic hydroxyl groups is 1. The van der Waals surface area contributed by atoms with Gasteiger partial charge >= 0.3 is 0 Å². The first kappa shape index (κ1) is 18.3. The summed E-state index contributed by atoms with van der Waals surface area (Å²) in [5.41, 5.74) is 2.22. The van der Waals surface area contributed by atoms with Crippen molar-refractivity contribution in [3.63, 3.8) is 0 Å². The predicted molar refractivity (Wildman–Crippen MR) is 92.5 cm³/mol. The Morgan fingerprint density at radius 2 is 1.95 bits per heavy atom. The van der Waals surface area contributed by atoms with Crippen LogP contribution in [0, 0.1) is 13.8 Å². The number of rotatable bonds is 10. The molecule has 0 spiro atoms. The normalized spacial score (nSPS) is 14.0. The van der Waals surface area contributed by atoms with E-state index in [4.69, 9.17) is 4.74 Å². The maximum absolute atomic E-state index is 10.0. The van der Waals surface area contributed by atoms with Crippen LogP contribution < -0.4 is 10.1 Å². The Kier molecular flexibility index (Phi) is 8.81. The molecule has 2 N–H and O–H groups in total. The minimum atomic E-state index is -0.481. The molecule has 1 aromatic carbocycles. The second-order valence-electron chi connectivity index (χ2n) is 5.48. The molecular formula is C17H29NO2S. The second-order valence-corrected chi connectivity index (χ2v) is 6.87. The van der Waals surface area contributed by atoms with Crippen LogP contribution in [-0.2, 0) is 0 Å². The van der Waals surface area contributed by atoms with Gasteiger partial charge in [0.1, 0.15) is 18.5 Å². The summed E-state index contributed by atoms with van der Waals surface area (Å²) in [4.78, 5) is 0. The van der Waals surface area contributed by atoms with Crippen molar-refractivity contribution in [2.75, 3.05) is 24.7 Å². The highest BCUT2D eigenvalue weighted by Gasteiger charge is 2.10. The molecule has 2 atom stereocenters. The summed E-state index contributed by atoms with van der Waals surface area (Å²) in [5.74, 6) is 3.22. The number of aliphatic hydroxyl groups excluding tert-OH is 1. The zero-order valence-corrected chi connectivity index (χ0v) is 14.5. The molecule has 0 saturated heterocycles. The van der Waals surface area contributed by atoms with Crippen LogP contribution in [0.1, 0.15) is 31.4 Å². The lowest BCUT2D eigenvalue weighted by molar-refractivity contribution is 0.103. The fraction of sp³-hybridized carbons (Fsp3) is 0.647. The van der Waals surface area contributed by atoms with Crippen LogP contribution in [0.3, 0.4) is 0 Å². The van der Waals surface area contributed by atoms with Gasteiger partial charge in [-0.05, 0) is 49.8 Å². The molecule has 0 heterocycles. The van der Waals surface area contributed by atoms with Crippen LogP contribution in [0.15, 0.2) is 18.2 Å². The molecule has 0 aliphatic heterocycles. The van der Waals surface area contributed by atoms with E-state index in [1.165, 1.54) is 11.5 Å². The predicted octanol–water partition coefficient (Wildman–Crippen LogP) is 3.16. The fourth-order valence-corrected chi connectivity index (χ4v) is 2.92. The first-order valence-electron chi connectivity index (χ1n) is 7.72. The van der Waals surface area contributed by atoms with Crippen LogP contribution in [0.5, 0.6) is 5.75 Å². The zero-order valence-electron chi connectivity index (χ0n) is 13.7. The van der Waals surface area contributed by atoms with Crippen LogP contribution in [0.2, 0.25) is 0 Å². The van der Waals surface area contributed by atoms with Gasteiger partial charge in [0.15, 0.2) is 0 Å². The largest absolute Gasteiger partial charge is 0.490 e. The van der Waals surface area contributed by atoms with E-state index in [2.05, 4.69) is 19.2 Å². The standard InChI is InChI=1S/C17H29NO2S/c1-5-21-10-9-15(4)18-11-16(19)12-20-17-13(2)7-6-8-14(17)3/h6-8,15-16,18-19H,5,9-12H2,1-4H3. The summed E-state index contributed by atoms with van der Waals surface area (Å²) < 4.78 is 5.77. The molecule has 0 aliphatic carbocycles. The Labute approximate surface area is 133 Å². The van der Waals surface area contributed by atoms with Crippen molar-refractivity contribution in [2.24, 2.45) is 0 Å². The molecule has 0 amide bonds. The van der Waals surface area contributed by atoms with E-state index >= 15 is 0 Å². The quantitative estimate of drug-likeness (QED) is 0.651. The average Bonchev–Trinajstić information content (AvgIpc) is 2.45. The van der Waals surface area contributed by atoms with Gasteiger partial charge in [0, 0.05) is 12.6 Å². The zero-order chi connectivity index (χ0) is 15.7. The van der Waals surface area contributed by atoms with Crippen LogP contribution in [0.4, 0.5) is 0 Å². The summed E-state index contributed by atoms with van der Waals surface area (Å²) >= 11 is 1.95. The Bertz CT molecular complexity index is 392.